The van der Waals surface area contributed by atoms with Crippen molar-refractivity contribution in [3.05, 3.63) is 11.1 Å². The summed E-state index contributed by atoms with van der Waals surface area (Å²) in [5.41, 5.74) is 1.89. The quantitative estimate of drug-likeness (QED) is 0.364. The largest absolute Gasteiger partial charge is 0.298 e. The van der Waals surface area contributed by atoms with Gasteiger partial charge in [0.1, 0.15) is 4.99 Å². The van der Waals surface area contributed by atoms with E-state index in [0.717, 1.165) is 43.6 Å². The second-order valence-electron chi connectivity index (χ2n) is 9.03. The van der Waals surface area contributed by atoms with E-state index in [0.29, 0.717) is 29.1 Å². The lowest BCUT2D eigenvalue weighted by Crippen LogP contribution is -2.35. The van der Waals surface area contributed by atoms with E-state index in [2.05, 4.69) is 59.8 Å². The topological polar surface area (TPSA) is 69.4 Å². The van der Waals surface area contributed by atoms with Crippen LogP contribution in [-0.4, -0.2) is 53.4 Å². The fourth-order valence-corrected chi connectivity index (χ4v) is 4.05. The number of nitrogens with zero attached hydrogens (tertiary/aromatic N) is 4. The molecule has 2 aliphatic rings. The van der Waals surface area contributed by atoms with Gasteiger partial charge in [0.15, 0.2) is 5.84 Å². The number of thiocarbonyl (C=S) groups is 1. The van der Waals surface area contributed by atoms with E-state index < -0.39 is 0 Å². The Morgan fingerprint density at radius 2 is 1.73 bits per heavy atom. The summed E-state index contributed by atoms with van der Waals surface area (Å²) in [5, 5.41) is 2.79. The van der Waals surface area contributed by atoms with E-state index in [1.165, 1.54) is 19.3 Å². The molecule has 0 aromatic carbocycles. The monoisotopic (exact) mass is 431 g/mol. The van der Waals surface area contributed by atoms with Gasteiger partial charge in [-0.15, -0.1) is 0 Å². The minimum Gasteiger partial charge on any atom is -0.298 e. The molecule has 166 valence electrons. The van der Waals surface area contributed by atoms with E-state index in [-0.39, 0.29) is 11.9 Å². The van der Waals surface area contributed by atoms with E-state index in [1.807, 2.05) is 6.21 Å². The number of fused-ring (bicyclic) bond motifs is 1. The highest BCUT2D eigenvalue weighted by molar-refractivity contribution is 7.81. The number of amides is 1. The summed E-state index contributed by atoms with van der Waals surface area (Å²) in [4.78, 5) is 28.4. The van der Waals surface area contributed by atoms with Gasteiger partial charge in [-0.25, -0.2) is 9.98 Å². The molecule has 0 fully saturated rings. The number of carbonyl (C=O) groups is 1. The Morgan fingerprint density at radius 1 is 1.07 bits per heavy atom. The van der Waals surface area contributed by atoms with Gasteiger partial charge in [0.25, 0.3) is 0 Å². The molecule has 0 bridgehead atoms. The Labute approximate surface area is 187 Å². The SMILES string of the molecule is CCCCCCCC(=O)NC1=NC(=S)C2=C(CN(CC(C)C)CC(C)C)C=NC2=N1. The van der Waals surface area contributed by atoms with Crippen LogP contribution in [0.25, 0.3) is 0 Å². The highest BCUT2D eigenvalue weighted by Crippen LogP contribution is 2.21. The van der Waals surface area contributed by atoms with Crippen LogP contribution in [-0.2, 0) is 4.79 Å². The molecule has 2 aliphatic heterocycles. The van der Waals surface area contributed by atoms with Gasteiger partial charge in [-0.2, -0.15) is 4.99 Å². The van der Waals surface area contributed by atoms with E-state index in [1.54, 1.807) is 0 Å². The maximum absolute atomic E-state index is 12.2. The molecule has 1 amide bonds. The van der Waals surface area contributed by atoms with Crippen molar-refractivity contribution in [1.82, 2.24) is 10.2 Å². The lowest BCUT2D eigenvalue weighted by Gasteiger charge is -2.26. The summed E-state index contributed by atoms with van der Waals surface area (Å²) in [7, 11) is 0. The standard InChI is InChI=1S/C23H37N5OS/c1-6-7-8-9-10-11-19(29)25-23-26-21-20(22(30)27-23)18(12-24-21)15-28(13-16(2)3)14-17(4)5/h12,16-17H,6-11,13-15H2,1-5H3,(H,25,27,29,30). The summed E-state index contributed by atoms with van der Waals surface area (Å²) in [6.45, 7) is 13.9. The zero-order chi connectivity index (χ0) is 22.1. The number of unbranched alkanes of at least 4 members (excludes halogenated alkanes) is 4. The fraction of sp³-hybridized carbons (Fsp3) is 0.696. The summed E-state index contributed by atoms with van der Waals surface area (Å²) < 4.78 is 0. The predicted octanol–water partition coefficient (Wildman–Crippen LogP) is 4.55. The molecule has 0 atom stereocenters. The summed E-state index contributed by atoms with van der Waals surface area (Å²) in [5.74, 6) is 1.93. The highest BCUT2D eigenvalue weighted by atomic mass is 32.1. The van der Waals surface area contributed by atoms with Crippen molar-refractivity contribution < 1.29 is 4.79 Å². The van der Waals surface area contributed by atoms with Gasteiger partial charge in [-0.05, 0) is 23.8 Å². The molecule has 0 aromatic rings. The second kappa shape index (κ2) is 12.2. The molecule has 6 nitrogen and oxygen atoms in total. The Bertz CT molecular complexity index is 739. The Kier molecular flexibility index (Phi) is 9.98. The number of nitrogens with one attached hydrogen (secondary N) is 1. The van der Waals surface area contributed by atoms with Crippen LogP contribution in [0.5, 0.6) is 0 Å². The lowest BCUT2D eigenvalue weighted by atomic mass is 10.1. The molecule has 0 saturated carbocycles. The fourth-order valence-electron chi connectivity index (χ4n) is 3.74. The molecule has 0 spiro atoms. The molecule has 0 aromatic heterocycles. The Balaban J connectivity index is 1.99. The van der Waals surface area contributed by atoms with Crippen molar-refractivity contribution in [2.24, 2.45) is 26.8 Å². The van der Waals surface area contributed by atoms with Crippen LogP contribution in [0, 0.1) is 11.8 Å². The third-order valence-electron chi connectivity index (χ3n) is 4.92. The van der Waals surface area contributed by atoms with E-state index in [4.69, 9.17) is 12.2 Å². The molecule has 1 N–H and O–H groups in total. The Morgan fingerprint density at radius 3 is 2.37 bits per heavy atom. The van der Waals surface area contributed by atoms with E-state index >= 15 is 0 Å². The van der Waals surface area contributed by atoms with Crippen molar-refractivity contribution in [3.8, 4) is 0 Å². The van der Waals surface area contributed by atoms with Gasteiger partial charge in [-0.1, -0.05) is 72.5 Å². The van der Waals surface area contributed by atoms with Crippen molar-refractivity contribution >= 4 is 41.1 Å². The zero-order valence-corrected chi connectivity index (χ0v) is 20.0. The van der Waals surface area contributed by atoms with Crippen LogP contribution in [0.4, 0.5) is 0 Å². The van der Waals surface area contributed by atoms with Gasteiger partial charge in [0, 0.05) is 32.3 Å². The molecular weight excluding hydrogens is 394 g/mol. The van der Waals surface area contributed by atoms with Crippen LogP contribution in [0.1, 0.15) is 73.1 Å². The number of hydrogen-bond acceptors (Lipinski definition) is 5. The average Bonchev–Trinajstić information content (AvgIpc) is 3.03. The van der Waals surface area contributed by atoms with E-state index in [9.17, 15) is 4.79 Å². The van der Waals surface area contributed by atoms with Gasteiger partial charge in [-0.3, -0.25) is 15.0 Å². The molecule has 0 radical (unpaired) electrons. The van der Waals surface area contributed by atoms with Crippen LogP contribution in [0.15, 0.2) is 26.1 Å². The molecule has 0 aliphatic carbocycles. The van der Waals surface area contributed by atoms with Crippen molar-refractivity contribution in [2.45, 2.75) is 73.1 Å². The molecular formula is C23H37N5OS. The predicted molar refractivity (Wildman–Crippen MR) is 131 cm³/mol. The number of rotatable bonds is 12. The number of guanidine groups is 1. The number of aliphatic imine (C=N–C) groups is 3. The van der Waals surface area contributed by atoms with Gasteiger partial charge >= 0.3 is 0 Å². The summed E-state index contributed by atoms with van der Waals surface area (Å²) >= 11 is 5.54. The van der Waals surface area contributed by atoms with Gasteiger partial charge in [0.2, 0.25) is 11.9 Å². The first-order valence-electron chi connectivity index (χ1n) is 11.3. The van der Waals surface area contributed by atoms with Crippen LogP contribution in [0.3, 0.4) is 0 Å². The van der Waals surface area contributed by atoms with Crippen molar-refractivity contribution in [2.75, 3.05) is 19.6 Å². The first-order chi connectivity index (χ1) is 14.3. The van der Waals surface area contributed by atoms with Crippen LogP contribution in [0.2, 0.25) is 0 Å². The molecule has 0 unspecified atom stereocenters. The number of amidine groups is 1. The minimum absolute atomic E-state index is 0.0629. The normalized spacial score (nSPS) is 15.9. The van der Waals surface area contributed by atoms with Gasteiger partial charge < -0.3 is 0 Å². The average molecular weight is 432 g/mol. The summed E-state index contributed by atoms with van der Waals surface area (Å²) in [6, 6.07) is 0. The second-order valence-corrected chi connectivity index (χ2v) is 9.42. The lowest BCUT2D eigenvalue weighted by molar-refractivity contribution is -0.119. The molecule has 2 rings (SSSR count). The van der Waals surface area contributed by atoms with Crippen molar-refractivity contribution in [1.29, 1.82) is 0 Å². The van der Waals surface area contributed by atoms with Crippen LogP contribution >= 0.6 is 12.2 Å². The highest BCUT2D eigenvalue weighted by Gasteiger charge is 2.27. The molecule has 7 heteroatoms. The summed E-state index contributed by atoms with van der Waals surface area (Å²) in [6.07, 6.45) is 7.88. The molecule has 0 saturated heterocycles. The maximum Gasteiger partial charge on any atom is 0.232 e. The molecule has 30 heavy (non-hydrogen) atoms. The zero-order valence-electron chi connectivity index (χ0n) is 19.2. The smallest absolute Gasteiger partial charge is 0.232 e. The third kappa shape index (κ3) is 7.84. The first-order valence-corrected chi connectivity index (χ1v) is 11.7. The number of hydrogen-bond donors (Lipinski definition) is 1. The molecule has 2 heterocycles. The van der Waals surface area contributed by atoms with Crippen LogP contribution < -0.4 is 5.32 Å². The maximum atomic E-state index is 12.2. The Hall–Kier alpha value is -1.73. The third-order valence-corrected chi connectivity index (χ3v) is 5.22. The first kappa shape index (κ1) is 24.5. The number of carbonyl (C=O) groups excluding carboxylic acids is 1. The van der Waals surface area contributed by atoms with Crippen molar-refractivity contribution in [3.63, 3.8) is 0 Å². The minimum atomic E-state index is -0.0629. The van der Waals surface area contributed by atoms with Gasteiger partial charge in [0.05, 0.1) is 5.57 Å².